The van der Waals surface area contributed by atoms with E-state index in [2.05, 4.69) is 27.0 Å². The number of fused-ring (bicyclic) bond motifs is 3. The molecule has 5 atom stereocenters. The molecular formula is C34H39F4N5O3. The number of carbonyl (C=O) groups is 3. The van der Waals surface area contributed by atoms with Crippen molar-refractivity contribution in [2.75, 3.05) is 0 Å². The number of aromatic amines is 1. The van der Waals surface area contributed by atoms with Gasteiger partial charge in [0.05, 0.1) is 23.6 Å². The minimum atomic E-state index is -4.61. The van der Waals surface area contributed by atoms with Gasteiger partial charge in [-0.2, -0.15) is 18.4 Å². The topological polar surface area (TPSA) is 127 Å². The first-order valence-electron chi connectivity index (χ1n) is 15.5. The molecule has 4 N–H and O–H groups in total. The molecule has 0 fully saturated rings. The molecule has 4 rings (SSSR count). The third-order valence-electron chi connectivity index (χ3n) is 9.17. The van der Waals surface area contributed by atoms with E-state index in [1.54, 1.807) is 19.9 Å². The van der Waals surface area contributed by atoms with E-state index in [0.29, 0.717) is 24.1 Å². The molecule has 246 valence electrons. The number of alkyl halides is 3. The summed E-state index contributed by atoms with van der Waals surface area (Å²) in [7, 11) is 0. The van der Waals surface area contributed by atoms with Crippen LogP contribution in [0.1, 0.15) is 69.3 Å². The molecule has 0 saturated carbocycles. The van der Waals surface area contributed by atoms with Gasteiger partial charge in [-0.05, 0) is 47.9 Å². The maximum absolute atomic E-state index is 14.2. The molecule has 0 saturated heterocycles. The average molecular weight is 642 g/mol. The highest BCUT2D eigenvalue weighted by atomic mass is 19.4. The Morgan fingerprint density at radius 3 is 2.35 bits per heavy atom. The van der Waals surface area contributed by atoms with Gasteiger partial charge in [-0.3, -0.25) is 14.4 Å². The first-order valence-corrected chi connectivity index (χ1v) is 15.5. The van der Waals surface area contributed by atoms with Gasteiger partial charge in [-0.1, -0.05) is 70.9 Å². The van der Waals surface area contributed by atoms with Gasteiger partial charge in [-0.15, -0.1) is 0 Å². The Hall–Kier alpha value is -4.40. The van der Waals surface area contributed by atoms with Gasteiger partial charge >= 0.3 is 6.18 Å². The van der Waals surface area contributed by atoms with Crippen LogP contribution in [0.25, 0.3) is 10.9 Å². The highest BCUT2D eigenvalue weighted by Crippen LogP contribution is 2.40. The summed E-state index contributed by atoms with van der Waals surface area (Å²) in [6.07, 6.45) is -3.82. The van der Waals surface area contributed by atoms with Crippen molar-refractivity contribution >= 4 is 28.6 Å². The Labute approximate surface area is 265 Å². The van der Waals surface area contributed by atoms with Crippen LogP contribution in [0.5, 0.6) is 0 Å². The molecule has 3 aromatic rings. The SMILES string of the molecule is CCC(C)[C@H](NC(=O)Cc1ccccc1F)C(=O)N[C@]1(C(=O)NC(C#N)[C@@H](C)CC)CCc2[nH]c3c(C(F)(F)F)cccc3c2C1. The predicted octanol–water partition coefficient (Wildman–Crippen LogP) is 5.50. The summed E-state index contributed by atoms with van der Waals surface area (Å²) >= 11 is 0. The molecule has 1 aliphatic carbocycles. The maximum atomic E-state index is 14.2. The summed E-state index contributed by atoms with van der Waals surface area (Å²) in [5.74, 6) is -3.06. The van der Waals surface area contributed by atoms with E-state index in [0.717, 1.165) is 6.07 Å². The van der Waals surface area contributed by atoms with Gasteiger partial charge in [0, 0.05) is 17.5 Å². The molecule has 1 heterocycles. The molecule has 2 aromatic carbocycles. The number of amides is 3. The molecule has 1 aliphatic rings. The second-order valence-electron chi connectivity index (χ2n) is 12.2. The highest BCUT2D eigenvalue weighted by molar-refractivity contribution is 5.97. The normalized spacial score (nSPS) is 18.8. The van der Waals surface area contributed by atoms with E-state index in [4.69, 9.17) is 0 Å². The summed E-state index contributed by atoms with van der Waals surface area (Å²) in [6, 6.07) is 9.75. The van der Waals surface area contributed by atoms with E-state index >= 15 is 0 Å². The third kappa shape index (κ3) is 7.19. The monoisotopic (exact) mass is 641 g/mol. The van der Waals surface area contributed by atoms with Gasteiger partial charge in [0.15, 0.2) is 0 Å². The van der Waals surface area contributed by atoms with Crippen molar-refractivity contribution in [3.05, 3.63) is 70.7 Å². The molecule has 0 radical (unpaired) electrons. The van der Waals surface area contributed by atoms with Crippen LogP contribution in [0.3, 0.4) is 0 Å². The summed E-state index contributed by atoms with van der Waals surface area (Å²) in [4.78, 5) is 44.0. The largest absolute Gasteiger partial charge is 0.418 e. The second kappa shape index (κ2) is 13.9. The van der Waals surface area contributed by atoms with E-state index < -0.39 is 58.8 Å². The molecule has 1 aromatic heterocycles. The van der Waals surface area contributed by atoms with Crippen molar-refractivity contribution in [2.24, 2.45) is 11.8 Å². The zero-order chi connectivity index (χ0) is 33.8. The molecule has 12 heteroatoms. The number of nitrogens with zero attached hydrogens (tertiary/aromatic N) is 1. The Morgan fingerprint density at radius 1 is 1.02 bits per heavy atom. The lowest BCUT2D eigenvalue weighted by Gasteiger charge is -2.39. The third-order valence-corrected chi connectivity index (χ3v) is 9.17. The number of hydrogen-bond acceptors (Lipinski definition) is 4. The fourth-order valence-electron chi connectivity index (χ4n) is 5.94. The van der Waals surface area contributed by atoms with Crippen LogP contribution in [0, 0.1) is 29.0 Å². The van der Waals surface area contributed by atoms with Crippen LogP contribution >= 0.6 is 0 Å². The van der Waals surface area contributed by atoms with E-state index in [1.807, 2.05) is 13.8 Å². The summed E-state index contributed by atoms with van der Waals surface area (Å²) < 4.78 is 55.8. The maximum Gasteiger partial charge on any atom is 0.418 e. The summed E-state index contributed by atoms with van der Waals surface area (Å²) in [5, 5.41) is 18.4. The number of benzene rings is 2. The summed E-state index contributed by atoms with van der Waals surface area (Å²) in [6.45, 7) is 7.26. The van der Waals surface area contributed by atoms with Crippen molar-refractivity contribution in [3.63, 3.8) is 0 Å². The van der Waals surface area contributed by atoms with Gasteiger partial charge in [0.2, 0.25) is 17.7 Å². The minimum Gasteiger partial charge on any atom is -0.358 e. The number of aryl methyl sites for hydroxylation is 1. The van der Waals surface area contributed by atoms with Crippen molar-refractivity contribution in [1.29, 1.82) is 5.26 Å². The van der Waals surface area contributed by atoms with E-state index in [1.165, 1.54) is 30.3 Å². The predicted molar refractivity (Wildman–Crippen MR) is 165 cm³/mol. The Morgan fingerprint density at radius 2 is 1.72 bits per heavy atom. The Bertz CT molecular complexity index is 1650. The minimum absolute atomic E-state index is 0.0286. The lowest BCUT2D eigenvalue weighted by Crippen LogP contribution is -2.66. The van der Waals surface area contributed by atoms with Crippen LogP contribution in [0.4, 0.5) is 17.6 Å². The van der Waals surface area contributed by atoms with Crippen LogP contribution in [-0.4, -0.2) is 40.3 Å². The fraction of sp³-hybridized carbons (Fsp3) is 0.471. The number of para-hydroxylation sites is 1. The van der Waals surface area contributed by atoms with Gasteiger partial charge in [0.1, 0.15) is 23.4 Å². The molecule has 0 spiro atoms. The van der Waals surface area contributed by atoms with Crippen molar-refractivity contribution in [1.82, 2.24) is 20.9 Å². The first kappa shape index (κ1) is 34.5. The van der Waals surface area contributed by atoms with Gasteiger partial charge < -0.3 is 20.9 Å². The van der Waals surface area contributed by atoms with Crippen molar-refractivity contribution in [3.8, 4) is 6.07 Å². The van der Waals surface area contributed by atoms with Gasteiger partial charge in [0.25, 0.3) is 0 Å². The highest BCUT2D eigenvalue weighted by Gasteiger charge is 2.47. The Kier molecular flexibility index (Phi) is 10.4. The van der Waals surface area contributed by atoms with Crippen LogP contribution in [-0.2, 0) is 39.8 Å². The molecule has 8 nitrogen and oxygen atoms in total. The number of hydrogen-bond donors (Lipinski definition) is 4. The smallest absolute Gasteiger partial charge is 0.358 e. The summed E-state index contributed by atoms with van der Waals surface area (Å²) in [5.41, 5.74) is -1.44. The number of halogens is 4. The van der Waals surface area contributed by atoms with Crippen LogP contribution < -0.4 is 16.0 Å². The zero-order valence-corrected chi connectivity index (χ0v) is 26.3. The second-order valence-corrected chi connectivity index (χ2v) is 12.2. The first-order chi connectivity index (χ1) is 21.7. The average Bonchev–Trinajstić information content (AvgIpc) is 3.39. The molecule has 2 unspecified atom stereocenters. The van der Waals surface area contributed by atoms with Crippen molar-refractivity contribution < 1.29 is 31.9 Å². The Balaban J connectivity index is 1.71. The number of H-pyrrole nitrogens is 1. The van der Waals surface area contributed by atoms with Crippen molar-refractivity contribution in [2.45, 2.75) is 90.0 Å². The number of nitrogens with one attached hydrogen (secondary N) is 4. The lowest BCUT2D eigenvalue weighted by molar-refractivity contribution is -0.137. The van der Waals surface area contributed by atoms with Gasteiger partial charge in [-0.25, -0.2) is 4.39 Å². The molecule has 3 amide bonds. The number of aromatic nitrogens is 1. The molecular weight excluding hydrogens is 602 g/mol. The van der Waals surface area contributed by atoms with Crippen LogP contribution in [0.2, 0.25) is 0 Å². The number of rotatable bonds is 11. The number of nitriles is 1. The van der Waals surface area contributed by atoms with Crippen LogP contribution in [0.15, 0.2) is 42.5 Å². The van der Waals surface area contributed by atoms with E-state index in [9.17, 15) is 37.2 Å². The quantitative estimate of drug-likeness (QED) is 0.206. The molecule has 0 bridgehead atoms. The lowest BCUT2D eigenvalue weighted by atomic mass is 9.78. The van der Waals surface area contributed by atoms with E-state index in [-0.39, 0.29) is 48.1 Å². The molecule has 0 aliphatic heterocycles. The standard InChI is InChI=1S/C34H39F4N5O3/c1-5-19(3)27(18-39)41-32(46)33(15-14-26-23(17-33)22-11-9-12-24(30(22)40-26)34(36,37)38)43-31(45)29(20(4)6-2)42-28(44)16-21-10-7-8-13-25(21)35/h7-13,19-20,27,29,40H,5-6,14-17H2,1-4H3,(H,41,46)(H,42,44)(H,43,45)/t19-,20?,27?,29-,33+/m0/s1. The fourth-order valence-corrected chi connectivity index (χ4v) is 5.94. The molecule has 46 heavy (non-hydrogen) atoms. The zero-order valence-electron chi connectivity index (χ0n) is 26.3. The number of carbonyl (C=O) groups excluding carboxylic acids is 3.